The third kappa shape index (κ3) is 3.51. The summed E-state index contributed by atoms with van der Waals surface area (Å²) in [6.07, 6.45) is 0. The number of thioether (sulfide) groups is 1. The van der Waals surface area contributed by atoms with Gasteiger partial charge < -0.3 is 10.1 Å². The number of aryl methyl sites for hydroxylation is 1. The molecule has 0 bridgehead atoms. The molecule has 7 heteroatoms. The molecule has 128 valence electrons. The molecule has 0 saturated carbocycles. The molecular weight excluding hydrogens is 340 g/mol. The topological polar surface area (TPSA) is 75.7 Å². The molecule has 25 heavy (non-hydrogen) atoms. The molecule has 1 N–H and O–H groups in total. The molecule has 1 atom stereocenters. The van der Waals surface area contributed by atoms with E-state index in [1.165, 1.54) is 12.0 Å². The number of benzene rings is 2. The Morgan fingerprint density at radius 3 is 2.32 bits per heavy atom. The summed E-state index contributed by atoms with van der Waals surface area (Å²) in [6, 6.07) is 13.7. The van der Waals surface area contributed by atoms with Crippen LogP contribution in [0.1, 0.15) is 15.9 Å². The largest absolute Gasteiger partial charge is 0.465 e. The van der Waals surface area contributed by atoms with Crippen molar-refractivity contribution in [3.05, 3.63) is 59.7 Å². The summed E-state index contributed by atoms with van der Waals surface area (Å²) in [7, 11) is 1.31. The van der Waals surface area contributed by atoms with Gasteiger partial charge in [-0.05, 0) is 55.1 Å². The van der Waals surface area contributed by atoms with Gasteiger partial charge in [-0.2, -0.15) is 0 Å². The van der Waals surface area contributed by atoms with Crippen molar-refractivity contribution >= 4 is 40.3 Å². The number of methoxy groups -OCH3 is 1. The first kappa shape index (κ1) is 17.0. The molecule has 0 spiro atoms. The minimum absolute atomic E-state index is 0.322. The number of carbonyl (C=O) groups excluding carboxylic acids is 3. The second kappa shape index (κ2) is 6.98. The highest BCUT2D eigenvalue weighted by atomic mass is 32.2. The average molecular weight is 356 g/mol. The van der Waals surface area contributed by atoms with Gasteiger partial charge in [-0.1, -0.05) is 17.7 Å². The lowest BCUT2D eigenvalue weighted by atomic mass is 10.2. The van der Waals surface area contributed by atoms with Crippen LogP contribution >= 0.6 is 11.8 Å². The van der Waals surface area contributed by atoms with E-state index in [9.17, 15) is 14.4 Å². The monoisotopic (exact) mass is 356 g/mol. The first-order chi connectivity index (χ1) is 12.0. The Labute approximate surface area is 149 Å². The summed E-state index contributed by atoms with van der Waals surface area (Å²) in [5.74, 6) is -0.755. The van der Waals surface area contributed by atoms with Crippen LogP contribution in [0.25, 0.3) is 0 Å². The molecule has 3 rings (SSSR count). The van der Waals surface area contributed by atoms with Gasteiger partial charge in [-0.15, -0.1) is 0 Å². The predicted molar refractivity (Wildman–Crippen MR) is 96.8 cm³/mol. The molecule has 1 aliphatic rings. The summed E-state index contributed by atoms with van der Waals surface area (Å²) in [4.78, 5) is 37.4. The molecule has 1 aliphatic heterocycles. The molecule has 6 nitrogen and oxygen atoms in total. The summed E-state index contributed by atoms with van der Waals surface area (Å²) < 4.78 is 4.64. The van der Waals surface area contributed by atoms with Crippen LogP contribution in [0.4, 0.5) is 16.2 Å². The number of ether oxygens (including phenoxy) is 1. The van der Waals surface area contributed by atoms with E-state index >= 15 is 0 Å². The summed E-state index contributed by atoms with van der Waals surface area (Å²) in [6.45, 7) is 1.94. The molecule has 1 fully saturated rings. The van der Waals surface area contributed by atoms with Crippen LogP contribution in [0.2, 0.25) is 0 Å². The van der Waals surface area contributed by atoms with E-state index in [4.69, 9.17) is 0 Å². The molecule has 0 unspecified atom stereocenters. The Hall–Kier alpha value is -2.80. The number of carbonyl (C=O) groups is 3. The standard InChI is InChI=1S/C18H16N2O4S/c1-11-3-9-14(10-4-11)20-16(21)15(25-18(20)23)19-13-7-5-12(6-8-13)17(22)24-2/h3-10,15,19H,1-2H3/t15-/m1/s1. The van der Waals surface area contributed by atoms with E-state index in [-0.39, 0.29) is 11.1 Å². The Kier molecular flexibility index (Phi) is 4.76. The molecule has 0 aromatic heterocycles. The quantitative estimate of drug-likeness (QED) is 0.846. The lowest BCUT2D eigenvalue weighted by molar-refractivity contribution is -0.116. The zero-order valence-corrected chi connectivity index (χ0v) is 14.5. The molecular formula is C18H16N2O4S. The van der Waals surface area contributed by atoms with Crippen molar-refractivity contribution in [3.8, 4) is 0 Å². The molecule has 0 aliphatic carbocycles. The maximum atomic E-state index is 12.6. The number of esters is 1. The summed E-state index contributed by atoms with van der Waals surface area (Å²) >= 11 is 0.925. The van der Waals surface area contributed by atoms with Crippen LogP contribution in [-0.4, -0.2) is 29.6 Å². The first-order valence-electron chi connectivity index (χ1n) is 7.56. The number of hydrogen-bond donors (Lipinski definition) is 1. The van der Waals surface area contributed by atoms with Crippen LogP contribution in [-0.2, 0) is 9.53 Å². The fraction of sp³-hybridized carbons (Fsp3) is 0.167. The van der Waals surface area contributed by atoms with E-state index < -0.39 is 11.3 Å². The highest BCUT2D eigenvalue weighted by molar-refractivity contribution is 8.16. The summed E-state index contributed by atoms with van der Waals surface area (Å²) in [5, 5.41) is 1.98. The van der Waals surface area contributed by atoms with Crippen molar-refractivity contribution in [1.82, 2.24) is 0 Å². The van der Waals surface area contributed by atoms with Gasteiger partial charge in [0.05, 0.1) is 18.4 Å². The Balaban J connectivity index is 1.74. The van der Waals surface area contributed by atoms with Gasteiger partial charge in [0.15, 0.2) is 5.37 Å². The smallest absolute Gasteiger partial charge is 0.337 e. The van der Waals surface area contributed by atoms with Crippen LogP contribution in [0.15, 0.2) is 48.5 Å². The number of amides is 2. The Bertz CT molecular complexity index is 818. The van der Waals surface area contributed by atoms with Crippen LogP contribution in [0.3, 0.4) is 0 Å². The average Bonchev–Trinajstić information content (AvgIpc) is 2.89. The number of hydrogen-bond acceptors (Lipinski definition) is 6. The van der Waals surface area contributed by atoms with Crippen LogP contribution in [0, 0.1) is 6.92 Å². The third-order valence-electron chi connectivity index (χ3n) is 3.74. The highest BCUT2D eigenvalue weighted by Gasteiger charge is 2.40. The number of nitrogens with zero attached hydrogens (tertiary/aromatic N) is 1. The van der Waals surface area contributed by atoms with Crippen molar-refractivity contribution in [2.24, 2.45) is 0 Å². The molecule has 1 saturated heterocycles. The first-order valence-corrected chi connectivity index (χ1v) is 8.44. The molecule has 2 aromatic rings. The van der Waals surface area contributed by atoms with Crippen molar-refractivity contribution in [2.45, 2.75) is 12.3 Å². The van der Waals surface area contributed by atoms with Crippen LogP contribution in [0.5, 0.6) is 0 Å². The second-order valence-electron chi connectivity index (χ2n) is 5.49. The van der Waals surface area contributed by atoms with Crippen molar-refractivity contribution in [1.29, 1.82) is 0 Å². The van der Waals surface area contributed by atoms with Crippen molar-refractivity contribution in [2.75, 3.05) is 17.3 Å². The zero-order chi connectivity index (χ0) is 18.0. The van der Waals surface area contributed by atoms with Gasteiger partial charge in [0.25, 0.3) is 11.1 Å². The van der Waals surface area contributed by atoms with Gasteiger partial charge in [-0.25, -0.2) is 9.69 Å². The van der Waals surface area contributed by atoms with Gasteiger partial charge in [0.2, 0.25) is 0 Å². The summed E-state index contributed by atoms with van der Waals surface area (Å²) in [5.41, 5.74) is 2.65. The van der Waals surface area contributed by atoms with Gasteiger partial charge in [0, 0.05) is 5.69 Å². The van der Waals surface area contributed by atoms with E-state index in [1.807, 2.05) is 19.1 Å². The van der Waals surface area contributed by atoms with Crippen molar-refractivity contribution < 1.29 is 19.1 Å². The molecule has 1 heterocycles. The molecule has 2 amide bonds. The van der Waals surface area contributed by atoms with E-state index in [2.05, 4.69) is 10.1 Å². The highest BCUT2D eigenvalue weighted by Crippen LogP contribution is 2.32. The molecule has 0 radical (unpaired) electrons. The van der Waals surface area contributed by atoms with Gasteiger partial charge >= 0.3 is 5.97 Å². The Morgan fingerprint density at radius 2 is 1.72 bits per heavy atom. The fourth-order valence-electron chi connectivity index (χ4n) is 2.40. The lowest BCUT2D eigenvalue weighted by Gasteiger charge is -2.15. The minimum Gasteiger partial charge on any atom is -0.465 e. The SMILES string of the molecule is COC(=O)c1ccc(N[C@@H]2SC(=O)N(c3ccc(C)cc3)C2=O)cc1. The number of imide groups is 1. The normalized spacial score (nSPS) is 16.9. The molecule has 2 aromatic carbocycles. The Morgan fingerprint density at radius 1 is 1.08 bits per heavy atom. The lowest BCUT2D eigenvalue weighted by Crippen LogP contribution is -2.34. The maximum Gasteiger partial charge on any atom is 0.337 e. The van der Waals surface area contributed by atoms with Gasteiger partial charge in [-0.3, -0.25) is 9.59 Å². The number of nitrogens with one attached hydrogen (secondary N) is 1. The van der Waals surface area contributed by atoms with E-state index in [1.54, 1.807) is 36.4 Å². The van der Waals surface area contributed by atoms with E-state index in [0.29, 0.717) is 16.9 Å². The maximum absolute atomic E-state index is 12.6. The predicted octanol–water partition coefficient (Wildman–Crippen LogP) is 3.42. The van der Waals surface area contributed by atoms with Gasteiger partial charge in [0.1, 0.15) is 0 Å². The third-order valence-corrected chi connectivity index (χ3v) is 4.68. The number of rotatable bonds is 4. The zero-order valence-electron chi connectivity index (χ0n) is 13.7. The van der Waals surface area contributed by atoms with Crippen LogP contribution < -0.4 is 10.2 Å². The number of anilines is 2. The van der Waals surface area contributed by atoms with Crippen molar-refractivity contribution in [3.63, 3.8) is 0 Å². The minimum atomic E-state index is -0.710. The second-order valence-corrected chi connectivity index (χ2v) is 6.54. The fourth-order valence-corrected chi connectivity index (χ4v) is 3.30. The van der Waals surface area contributed by atoms with E-state index in [0.717, 1.165) is 17.3 Å².